The number of esters is 3. The minimum absolute atomic E-state index is 0.0418. The van der Waals surface area contributed by atoms with Gasteiger partial charge < -0.3 is 24.6 Å². The van der Waals surface area contributed by atoms with E-state index in [-0.39, 0.29) is 45.7 Å². The molecule has 3 aliphatic rings. The maximum absolute atomic E-state index is 14.1. The van der Waals surface area contributed by atoms with Gasteiger partial charge in [-0.15, -0.1) is 0 Å². The average molecular weight is 758 g/mol. The summed E-state index contributed by atoms with van der Waals surface area (Å²) in [6.45, 7) is 30.6. The van der Waals surface area contributed by atoms with Crippen LogP contribution in [0.15, 0.2) is 18.2 Å². The van der Waals surface area contributed by atoms with Gasteiger partial charge in [0.05, 0.1) is 16.7 Å². The molecule has 306 valence electrons. The number of likely N-dealkylation sites (tertiary alicyclic amines) is 1. The third kappa shape index (κ3) is 8.41. The molecule has 11 heteroatoms. The number of hydrogen-bond acceptors (Lipinski definition) is 11. The highest BCUT2D eigenvalue weighted by Gasteiger charge is 2.52. The summed E-state index contributed by atoms with van der Waals surface area (Å²) in [5, 5.41) is 25.1. The zero-order valence-electron chi connectivity index (χ0n) is 36.1. The summed E-state index contributed by atoms with van der Waals surface area (Å²) in [4.78, 5) is 44.5. The molecule has 54 heavy (non-hydrogen) atoms. The molecule has 0 spiro atoms. The van der Waals surface area contributed by atoms with Crippen LogP contribution in [0.3, 0.4) is 0 Å². The molecule has 11 nitrogen and oxygen atoms in total. The highest BCUT2D eigenvalue weighted by Crippen LogP contribution is 2.45. The van der Waals surface area contributed by atoms with Gasteiger partial charge in [0.2, 0.25) is 0 Å². The molecule has 4 rings (SSSR count). The van der Waals surface area contributed by atoms with Crippen molar-refractivity contribution in [1.29, 1.82) is 0 Å². The van der Waals surface area contributed by atoms with Crippen molar-refractivity contribution in [3.8, 4) is 0 Å². The molecular weight excluding hydrogens is 686 g/mol. The Morgan fingerprint density at radius 2 is 0.778 bits per heavy atom. The summed E-state index contributed by atoms with van der Waals surface area (Å²) >= 11 is 0. The van der Waals surface area contributed by atoms with Gasteiger partial charge in [-0.2, -0.15) is 10.1 Å². The number of ether oxygens (including phenoxy) is 3. The Hall–Kier alpha value is -2.57. The van der Waals surface area contributed by atoms with E-state index >= 15 is 0 Å². The van der Waals surface area contributed by atoms with Crippen LogP contribution in [-0.2, 0) is 14.2 Å². The van der Waals surface area contributed by atoms with Gasteiger partial charge in [0.15, 0.2) is 0 Å². The van der Waals surface area contributed by atoms with Crippen LogP contribution in [-0.4, -0.2) is 102 Å². The van der Waals surface area contributed by atoms with Crippen LogP contribution in [0, 0.1) is 17.8 Å². The van der Waals surface area contributed by atoms with Crippen LogP contribution in [0.2, 0.25) is 0 Å². The van der Waals surface area contributed by atoms with E-state index in [4.69, 9.17) is 14.2 Å². The normalized spacial score (nSPS) is 33.2. The van der Waals surface area contributed by atoms with E-state index in [1.807, 2.05) is 69.2 Å². The second kappa shape index (κ2) is 15.1. The van der Waals surface area contributed by atoms with Crippen molar-refractivity contribution in [1.82, 2.24) is 15.0 Å². The fraction of sp³-hybridized carbons (Fsp3) is 0.791. The van der Waals surface area contributed by atoms with E-state index in [9.17, 15) is 24.8 Å². The number of rotatable bonds is 9. The van der Waals surface area contributed by atoms with Crippen LogP contribution in [0.5, 0.6) is 0 Å². The van der Waals surface area contributed by atoms with E-state index in [1.165, 1.54) is 28.3 Å². The summed E-state index contributed by atoms with van der Waals surface area (Å²) in [5.74, 6) is -1.56. The fourth-order valence-corrected chi connectivity index (χ4v) is 9.44. The van der Waals surface area contributed by atoms with Gasteiger partial charge in [-0.25, -0.2) is 14.4 Å². The van der Waals surface area contributed by atoms with Gasteiger partial charge in [0.1, 0.15) is 18.3 Å². The summed E-state index contributed by atoms with van der Waals surface area (Å²) < 4.78 is 18.5. The van der Waals surface area contributed by atoms with Crippen LogP contribution < -0.4 is 0 Å². The van der Waals surface area contributed by atoms with Crippen molar-refractivity contribution >= 4 is 17.9 Å². The van der Waals surface area contributed by atoms with Crippen molar-refractivity contribution < 1.29 is 39.0 Å². The highest BCUT2D eigenvalue weighted by molar-refractivity contribution is 6.00. The van der Waals surface area contributed by atoms with E-state index in [0.29, 0.717) is 44.4 Å². The van der Waals surface area contributed by atoms with Crippen molar-refractivity contribution in [2.75, 3.05) is 7.05 Å². The molecule has 3 fully saturated rings. The van der Waals surface area contributed by atoms with Gasteiger partial charge >= 0.3 is 17.9 Å². The van der Waals surface area contributed by atoms with Gasteiger partial charge in [-0.1, -0.05) is 41.5 Å². The van der Waals surface area contributed by atoms with Crippen LogP contribution in [0.1, 0.15) is 173 Å². The molecule has 0 aliphatic carbocycles. The monoisotopic (exact) mass is 758 g/mol. The van der Waals surface area contributed by atoms with Crippen LogP contribution >= 0.6 is 0 Å². The van der Waals surface area contributed by atoms with E-state index in [0.717, 1.165) is 0 Å². The standard InChI is InChI=1S/C43H71N3O8/c1-26(2)41(13)23-32(20-38(7,8)44(41)16)52-35(47)29-17-30(36(48)53-33-21-39(9,10)45(50)42(14,24-33)27(3)4)19-31(18-29)37(49)54-34-22-40(11,12)46(51)43(15,25-34)28(5)6/h17-19,26-28,32-34,50-51H,20-25H2,1-16H3. The zero-order valence-corrected chi connectivity index (χ0v) is 36.1. The molecule has 2 N–H and O–H groups in total. The molecule has 6 unspecified atom stereocenters. The lowest BCUT2D eigenvalue weighted by Gasteiger charge is -2.56. The molecule has 0 amide bonds. The average Bonchev–Trinajstić information content (AvgIpc) is 3.04. The topological polar surface area (TPSA) is 129 Å². The number of carbonyl (C=O) groups is 3. The summed E-state index contributed by atoms with van der Waals surface area (Å²) in [7, 11) is 2.12. The summed E-state index contributed by atoms with van der Waals surface area (Å²) in [6.07, 6.45) is 1.41. The summed E-state index contributed by atoms with van der Waals surface area (Å²) in [5.41, 5.74) is -2.96. The lowest BCUT2D eigenvalue weighted by atomic mass is 9.72. The number of hydroxylamine groups is 4. The Kier molecular flexibility index (Phi) is 12.3. The smallest absolute Gasteiger partial charge is 0.338 e. The SMILES string of the molecule is CC(C)C1(C)CC(OC(=O)c2cc(C(=O)OC3CC(C)(C)N(O)C(C)(C(C)C)C3)cc(C(=O)OC3CC(C)(C)N(O)C(C)(C(C)C)C3)c2)CC(C)(C)N1C. The molecule has 1 aromatic carbocycles. The number of benzene rings is 1. The maximum Gasteiger partial charge on any atom is 0.338 e. The van der Waals surface area contributed by atoms with E-state index < -0.39 is 52.3 Å². The number of piperidine rings is 3. The van der Waals surface area contributed by atoms with E-state index in [2.05, 4.69) is 46.6 Å². The molecule has 0 bridgehead atoms. The fourth-order valence-electron chi connectivity index (χ4n) is 9.44. The number of nitrogens with zero attached hydrogens (tertiary/aromatic N) is 3. The molecule has 0 aromatic heterocycles. The third-order valence-electron chi connectivity index (χ3n) is 14.1. The Bertz CT molecular complexity index is 1380. The van der Waals surface area contributed by atoms with Crippen molar-refractivity contribution in [2.45, 2.75) is 194 Å². The highest BCUT2D eigenvalue weighted by atomic mass is 16.6. The summed E-state index contributed by atoms with van der Waals surface area (Å²) in [6, 6.07) is 4.32. The van der Waals surface area contributed by atoms with Gasteiger partial charge in [-0.3, -0.25) is 4.90 Å². The van der Waals surface area contributed by atoms with Gasteiger partial charge in [0.25, 0.3) is 0 Å². The van der Waals surface area contributed by atoms with Crippen molar-refractivity contribution in [2.24, 2.45) is 17.8 Å². The van der Waals surface area contributed by atoms with Crippen LogP contribution in [0.4, 0.5) is 0 Å². The Labute approximate surface area is 325 Å². The predicted molar refractivity (Wildman–Crippen MR) is 209 cm³/mol. The molecule has 3 heterocycles. The maximum atomic E-state index is 14.1. The Morgan fingerprint density at radius 1 is 0.519 bits per heavy atom. The molecule has 1 aromatic rings. The zero-order chi connectivity index (χ0) is 41.1. The number of carbonyl (C=O) groups excluding carboxylic acids is 3. The molecule has 0 radical (unpaired) electrons. The first-order valence-corrected chi connectivity index (χ1v) is 20.0. The van der Waals surface area contributed by atoms with Gasteiger partial charge in [0, 0.05) is 71.8 Å². The second-order valence-corrected chi connectivity index (χ2v) is 20.3. The van der Waals surface area contributed by atoms with Crippen molar-refractivity contribution in [3.63, 3.8) is 0 Å². The lowest BCUT2D eigenvalue weighted by molar-refractivity contribution is -0.273. The molecule has 3 aliphatic heterocycles. The predicted octanol–water partition coefficient (Wildman–Crippen LogP) is 8.54. The molecule has 6 atom stereocenters. The molecule has 0 saturated carbocycles. The largest absolute Gasteiger partial charge is 0.459 e. The third-order valence-corrected chi connectivity index (χ3v) is 14.1. The van der Waals surface area contributed by atoms with E-state index in [1.54, 1.807) is 0 Å². The lowest BCUT2D eigenvalue weighted by Crippen LogP contribution is -2.64. The Morgan fingerprint density at radius 3 is 1.06 bits per heavy atom. The molecule has 3 saturated heterocycles. The first-order valence-electron chi connectivity index (χ1n) is 20.0. The quantitative estimate of drug-likeness (QED) is 0.186. The van der Waals surface area contributed by atoms with Gasteiger partial charge in [-0.05, 0) is 105 Å². The second-order valence-electron chi connectivity index (χ2n) is 20.3. The molecular formula is C43H71N3O8. The minimum atomic E-state index is -0.674. The Balaban J connectivity index is 1.69. The first kappa shape index (κ1) is 44.1. The minimum Gasteiger partial charge on any atom is -0.459 e. The first-order chi connectivity index (χ1) is 24.5. The number of hydrogen-bond donors (Lipinski definition) is 2. The van der Waals surface area contributed by atoms with Crippen molar-refractivity contribution in [3.05, 3.63) is 34.9 Å². The van der Waals surface area contributed by atoms with Crippen LogP contribution in [0.25, 0.3) is 0 Å².